The quantitative estimate of drug-likeness (QED) is 0.430. The maximum Gasteiger partial charge on any atom is 0.146 e. The minimum Gasteiger partial charge on any atom is -0.380 e. The molecule has 0 N–H and O–H groups in total. The minimum absolute atomic E-state index is 0.249. The van der Waals surface area contributed by atoms with Crippen molar-refractivity contribution in [2.24, 2.45) is 5.41 Å². The molecule has 0 radical (unpaired) electrons. The van der Waals surface area contributed by atoms with E-state index in [-0.39, 0.29) is 5.41 Å². The predicted molar refractivity (Wildman–Crippen MR) is 36.8 cm³/mol. The summed E-state index contributed by atoms with van der Waals surface area (Å²) in [6, 6.07) is 0. The molecule has 0 aromatic heterocycles. The van der Waals surface area contributed by atoms with Gasteiger partial charge in [-0.25, -0.2) is 0 Å². The molecule has 3 nitrogen and oxygen atoms in total. The second-order valence-corrected chi connectivity index (χ2v) is 3.06. The first-order chi connectivity index (χ1) is 4.77. The first-order valence-electron chi connectivity index (χ1n) is 3.41. The van der Waals surface area contributed by atoms with E-state index in [4.69, 9.17) is 14.2 Å². The Morgan fingerprint density at radius 3 is 2.60 bits per heavy atom. The van der Waals surface area contributed by atoms with Crippen LogP contribution in [0.3, 0.4) is 0 Å². The van der Waals surface area contributed by atoms with Gasteiger partial charge in [-0.15, -0.1) is 0 Å². The number of rotatable bonds is 4. The molecule has 60 valence electrons. The van der Waals surface area contributed by atoms with Crippen molar-refractivity contribution < 1.29 is 14.2 Å². The monoisotopic (exact) mass is 146 g/mol. The molecule has 1 fully saturated rings. The van der Waals surface area contributed by atoms with Gasteiger partial charge in [-0.05, 0) is 0 Å². The van der Waals surface area contributed by atoms with E-state index in [0.717, 1.165) is 19.8 Å². The molecule has 0 spiro atoms. The summed E-state index contributed by atoms with van der Waals surface area (Å²) in [5, 5.41) is 0. The van der Waals surface area contributed by atoms with E-state index in [1.165, 1.54) is 0 Å². The third-order valence-corrected chi connectivity index (χ3v) is 1.55. The lowest BCUT2D eigenvalue weighted by molar-refractivity contribution is -0.158. The van der Waals surface area contributed by atoms with Crippen LogP contribution in [0.25, 0.3) is 0 Å². The van der Waals surface area contributed by atoms with Crippen LogP contribution in [-0.2, 0) is 14.2 Å². The Morgan fingerprint density at radius 1 is 1.50 bits per heavy atom. The SMILES string of the molecule is COCOCC1(C)COC1. The van der Waals surface area contributed by atoms with Crippen LogP contribution in [0.2, 0.25) is 0 Å². The molecule has 0 saturated carbocycles. The highest BCUT2D eigenvalue weighted by Crippen LogP contribution is 2.26. The van der Waals surface area contributed by atoms with E-state index in [1.807, 2.05) is 0 Å². The molecule has 0 aromatic rings. The highest BCUT2D eigenvalue weighted by molar-refractivity contribution is 4.79. The summed E-state index contributed by atoms with van der Waals surface area (Å²) in [5.41, 5.74) is 0.249. The maximum absolute atomic E-state index is 5.19. The summed E-state index contributed by atoms with van der Waals surface area (Å²) >= 11 is 0. The third-order valence-electron chi connectivity index (χ3n) is 1.55. The van der Waals surface area contributed by atoms with Gasteiger partial charge < -0.3 is 14.2 Å². The van der Waals surface area contributed by atoms with Crippen molar-refractivity contribution in [3.63, 3.8) is 0 Å². The lowest BCUT2D eigenvalue weighted by atomic mass is 9.90. The molecule has 1 saturated heterocycles. The molecule has 1 heterocycles. The smallest absolute Gasteiger partial charge is 0.146 e. The molecule has 0 amide bonds. The van der Waals surface area contributed by atoms with Gasteiger partial charge >= 0.3 is 0 Å². The molecule has 0 unspecified atom stereocenters. The third kappa shape index (κ3) is 1.94. The molecule has 1 rings (SSSR count). The Kier molecular flexibility index (Phi) is 2.65. The van der Waals surface area contributed by atoms with Crippen LogP contribution < -0.4 is 0 Å². The number of hydrogen-bond acceptors (Lipinski definition) is 3. The summed E-state index contributed by atoms with van der Waals surface area (Å²) < 4.78 is 15.0. The lowest BCUT2D eigenvalue weighted by Gasteiger charge is -2.37. The van der Waals surface area contributed by atoms with Gasteiger partial charge in [0.05, 0.1) is 19.8 Å². The van der Waals surface area contributed by atoms with Crippen LogP contribution in [0.1, 0.15) is 6.92 Å². The average Bonchev–Trinajstić information content (AvgIpc) is 1.85. The van der Waals surface area contributed by atoms with Crippen molar-refractivity contribution in [3.8, 4) is 0 Å². The van der Waals surface area contributed by atoms with Crippen molar-refractivity contribution >= 4 is 0 Å². The highest BCUT2D eigenvalue weighted by atomic mass is 16.7. The van der Waals surface area contributed by atoms with Crippen LogP contribution in [0.15, 0.2) is 0 Å². The summed E-state index contributed by atoms with van der Waals surface area (Å²) in [5.74, 6) is 0. The summed E-state index contributed by atoms with van der Waals surface area (Å²) in [6.45, 7) is 4.90. The normalized spacial score (nSPS) is 22.2. The lowest BCUT2D eigenvalue weighted by Crippen LogP contribution is -2.43. The van der Waals surface area contributed by atoms with Gasteiger partial charge in [0.1, 0.15) is 6.79 Å². The molecule has 1 aliphatic rings. The van der Waals surface area contributed by atoms with Crippen molar-refractivity contribution in [1.82, 2.24) is 0 Å². The minimum atomic E-state index is 0.249. The molecule has 0 aliphatic carbocycles. The van der Waals surface area contributed by atoms with E-state index < -0.39 is 0 Å². The standard InChI is InChI=1S/C7H14O3/c1-7(3-9-4-7)5-10-6-8-2/h3-6H2,1-2H3. The molecule has 1 aliphatic heterocycles. The Morgan fingerprint density at radius 2 is 2.20 bits per heavy atom. The van der Waals surface area contributed by atoms with Gasteiger partial charge in [-0.1, -0.05) is 6.92 Å². The molecule has 0 bridgehead atoms. The first-order valence-corrected chi connectivity index (χ1v) is 3.41. The second kappa shape index (κ2) is 3.32. The van der Waals surface area contributed by atoms with Gasteiger partial charge in [0.25, 0.3) is 0 Å². The van der Waals surface area contributed by atoms with Gasteiger partial charge in [0, 0.05) is 12.5 Å². The van der Waals surface area contributed by atoms with Gasteiger partial charge in [0.2, 0.25) is 0 Å². The van der Waals surface area contributed by atoms with Crippen LogP contribution in [0, 0.1) is 5.41 Å². The highest BCUT2D eigenvalue weighted by Gasteiger charge is 2.33. The van der Waals surface area contributed by atoms with Crippen LogP contribution in [0.4, 0.5) is 0 Å². The van der Waals surface area contributed by atoms with Crippen LogP contribution in [0.5, 0.6) is 0 Å². The van der Waals surface area contributed by atoms with Crippen LogP contribution in [-0.4, -0.2) is 33.7 Å². The number of ether oxygens (including phenoxy) is 3. The fraction of sp³-hybridized carbons (Fsp3) is 1.00. The van der Waals surface area contributed by atoms with E-state index in [0.29, 0.717) is 6.79 Å². The largest absolute Gasteiger partial charge is 0.380 e. The Bertz CT molecular complexity index is 99.0. The fourth-order valence-electron chi connectivity index (χ4n) is 0.905. The molecule has 0 atom stereocenters. The van der Waals surface area contributed by atoms with E-state index in [1.54, 1.807) is 7.11 Å². The van der Waals surface area contributed by atoms with Crippen molar-refractivity contribution in [2.45, 2.75) is 6.92 Å². The second-order valence-electron chi connectivity index (χ2n) is 3.06. The molecule has 3 heteroatoms. The zero-order chi connectivity index (χ0) is 7.45. The zero-order valence-corrected chi connectivity index (χ0v) is 6.55. The number of hydrogen-bond donors (Lipinski definition) is 0. The van der Waals surface area contributed by atoms with Crippen molar-refractivity contribution in [2.75, 3.05) is 33.7 Å². The summed E-state index contributed by atoms with van der Waals surface area (Å²) in [6.07, 6.45) is 0. The van der Waals surface area contributed by atoms with E-state index in [2.05, 4.69) is 6.92 Å². The van der Waals surface area contributed by atoms with Crippen molar-refractivity contribution in [1.29, 1.82) is 0 Å². The Labute approximate surface area is 61.3 Å². The zero-order valence-electron chi connectivity index (χ0n) is 6.55. The number of methoxy groups -OCH3 is 1. The van der Waals surface area contributed by atoms with Crippen LogP contribution >= 0.6 is 0 Å². The van der Waals surface area contributed by atoms with Gasteiger partial charge in [-0.3, -0.25) is 0 Å². The molecule has 10 heavy (non-hydrogen) atoms. The Hall–Kier alpha value is -0.120. The van der Waals surface area contributed by atoms with E-state index >= 15 is 0 Å². The molecular weight excluding hydrogens is 132 g/mol. The fourth-order valence-corrected chi connectivity index (χ4v) is 0.905. The first kappa shape index (κ1) is 7.98. The van der Waals surface area contributed by atoms with Crippen molar-refractivity contribution in [3.05, 3.63) is 0 Å². The van der Waals surface area contributed by atoms with Gasteiger partial charge in [-0.2, -0.15) is 0 Å². The van der Waals surface area contributed by atoms with Gasteiger partial charge in [0.15, 0.2) is 0 Å². The molecule has 0 aromatic carbocycles. The maximum atomic E-state index is 5.19. The topological polar surface area (TPSA) is 27.7 Å². The molecular formula is C7H14O3. The van der Waals surface area contributed by atoms with E-state index in [9.17, 15) is 0 Å². The average molecular weight is 146 g/mol. The summed E-state index contributed by atoms with van der Waals surface area (Å²) in [4.78, 5) is 0. The summed E-state index contributed by atoms with van der Waals surface area (Å²) in [7, 11) is 1.62. The predicted octanol–water partition coefficient (Wildman–Crippen LogP) is 0.643. The Balaban J connectivity index is 2.01.